The molecule has 1 aliphatic heterocycles. The number of rotatable bonds is 5. The number of nitrogens with zero attached hydrogens (tertiary/aromatic N) is 5. The van der Waals surface area contributed by atoms with Gasteiger partial charge in [-0.25, -0.2) is 4.68 Å². The number of para-hydroxylation sites is 1. The molecule has 9 nitrogen and oxygen atoms in total. The Morgan fingerprint density at radius 3 is 2.56 bits per heavy atom. The Kier molecular flexibility index (Phi) is 5.51. The number of aromatic nitrogens is 3. The van der Waals surface area contributed by atoms with Gasteiger partial charge in [-0.2, -0.15) is 10.1 Å². The Hall–Kier alpha value is -4.53. The molecule has 4 aromatic rings. The molecule has 170 valence electrons. The quantitative estimate of drug-likeness (QED) is 0.322. The standard InChI is InChI=1S/C25H21N5O4/c1-34-23-13-6-5-12-20(23)22-15-21(17-8-3-2-4-9-17)28(25-26-16-27-29(22)25)24(31)18-10-7-11-19(14-18)30(32)33/h2-14,16,21-22H,15H2,1H3/t21-,22+/m1/s1. The number of nitro groups is 1. The lowest BCUT2D eigenvalue weighted by molar-refractivity contribution is -0.384. The van der Waals surface area contributed by atoms with E-state index in [9.17, 15) is 14.9 Å². The van der Waals surface area contributed by atoms with Gasteiger partial charge in [0, 0.05) is 23.3 Å². The van der Waals surface area contributed by atoms with Crippen molar-refractivity contribution in [2.45, 2.75) is 18.5 Å². The summed E-state index contributed by atoms with van der Waals surface area (Å²) in [7, 11) is 1.62. The highest BCUT2D eigenvalue weighted by atomic mass is 16.6. The van der Waals surface area contributed by atoms with E-state index in [0.29, 0.717) is 12.4 Å². The monoisotopic (exact) mass is 455 g/mol. The SMILES string of the molecule is COc1ccccc1[C@@H]1C[C@H](c2ccccc2)N(C(=O)c2cccc([N+](=O)[O-])c2)c2ncnn21. The van der Waals surface area contributed by atoms with Crippen LogP contribution in [0.4, 0.5) is 11.6 Å². The fourth-order valence-electron chi connectivity index (χ4n) is 4.48. The van der Waals surface area contributed by atoms with Crippen LogP contribution in [0.5, 0.6) is 5.75 Å². The lowest BCUT2D eigenvalue weighted by Crippen LogP contribution is -2.42. The van der Waals surface area contributed by atoms with Crippen LogP contribution in [0, 0.1) is 10.1 Å². The van der Waals surface area contributed by atoms with Crippen LogP contribution < -0.4 is 9.64 Å². The second-order valence-corrected chi connectivity index (χ2v) is 7.91. The molecule has 9 heteroatoms. The molecular weight excluding hydrogens is 434 g/mol. The maximum atomic E-state index is 13.8. The minimum absolute atomic E-state index is 0.146. The van der Waals surface area contributed by atoms with Crippen LogP contribution >= 0.6 is 0 Å². The summed E-state index contributed by atoms with van der Waals surface area (Å²) in [5.41, 5.74) is 1.92. The molecule has 1 aromatic heterocycles. The first kappa shape index (κ1) is 21.3. The van der Waals surface area contributed by atoms with Crippen molar-refractivity contribution in [3.05, 3.63) is 112 Å². The summed E-state index contributed by atoms with van der Waals surface area (Å²) in [6, 6.07) is 22.5. The molecule has 0 unspecified atom stereocenters. The third-order valence-corrected chi connectivity index (χ3v) is 6.03. The van der Waals surface area contributed by atoms with E-state index in [2.05, 4.69) is 10.1 Å². The molecule has 3 aromatic carbocycles. The van der Waals surface area contributed by atoms with Crippen molar-refractivity contribution in [1.29, 1.82) is 0 Å². The zero-order valence-electron chi connectivity index (χ0n) is 18.3. The molecular formula is C25H21N5O4. The highest BCUT2D eigenvalue weighted by Crippen LogP contribution is 2.44. The molecule has 0 bridgehead atoms. The van der Waals surface area contributed by atoms with Gasteiger partial charge in [0.1, 0.15) is 12.1 Å². The van der Waals surface area contributed by atoms with Crippen molar-refractivity contribution >= 4 is 17.5 Å². The van der Waals surface area contributed by atoms with Crippen molar-refractivity contribution in [3.63, 3.8) is 0 Å². The third kappa shape index (κ3) is 3.66. The van der Waals surface area contributed by atoms with Gasteiger partial charge in [-0.05, 0) is 24.1 Å². The minimum atomic E-state index is -0.512. The van der Waals surface area contributed by atoms with Gasteiger partial charge in [0.25, 0.3) is 11.6 Å². The average Bonchev–Trinajstić information content (AvgIpc) is 3.38. The lowest BCUT2D eigenvalue weighted by atomic mass is 9.91. The van der Waals surface area contributed by atoms with E-state index >= 15 is 0 Å². The molecule has 5 rings (SSSR count). The van der Waals surface area contributed by atoms with Gasteiger partial charge in [-0.15, -0.1) is 0 Å². The van der Waals surface area contributed by atoms with E-state index in [1.807, 2.05) is 54.6 Å². The maximum Gasteiger partial charge on any atom is 0.270 e. The fraction of sp³-hybridized carbons (Fsp3) is 0.160. The highest BCUT2D eigenvalue weighted by molar-refractivity contribution is 6.06. The van der Waals surface area contributed by atoms with Gasteiger partial charge in [-0.3, -0.25) is 19.8 Å². The van der Waals surface area contributed by atoms with Crippen LogP contribution in [-0.2, 0) is 0 Å². The fourth-order valence-corrected chi connectivity index (χ4v) is 4.48. The van der Waals surface area contributed by atoms with Gasteiger partial charge in [0.15, 0.2) is 0 Å². The number of amides is 1. The molecule has 0 radical (unpaired) electrons. The Bertz CT molecular complexity index is 1350. The Labute approximate surface area is 195 Å². The Morgan fingerprint density at radius 2 is 1.79 bits per heavy atom. The normalized spacial score (nSPS) is 17.1. The molecule has 34 heavy (non-hydrogen) atoms. The molecule has 0 aliphatic carbocycles. The number of benzene rings is 3. The molecule has 0 N–H and O–H groups in total. The Morgan fingerprint density at radius 1 is 1.03 bits per heavy atom. The van der Waals surface area contributed by atoms with Crippen molar-refractivity contribution in [3.8, 4) is 5.75 Å². The number of carbonyl (C=O) groups is 1. The van der Waals surface area contributed by atoms with Crippen LogP contribution in [0.25, 0.3) is 0 Å². The van der Waals surface area contributed by atoms with Crippen LogP contribution in [0.1, 0.15) is 40.0 Å². The molecule has 1 amide bonds. The van der Waals surface area contributed by atoms with E-state index in [-0.39, 0.29) is 29.2 Å². The predicted molar refractivity (Wildman–Crippen MR) is 125 cm³/mol. The van der Waals surface area contributed by atoms with Crippen molar-refractivity contribution in [2.24, 2.45) is 0 Å². The summed E-state index contributed by atoms with van der Waals surface area (Å²) < 4.78 is 7.32. The number of methoxy groups -OCH3 is 1. The third-order valence-electron chi connectivity index (χ3n) is 6.03. The second kappa shape index (κ2) is 8.78. The summed E-state index contributed by atoms with van der Waals surface area (Å²) in [4.78, 5) is 30.6. The molecule has 0 spiro atoms. The number of fused-ring (bicyclic) bond motifs is 1. The Balaban J connectivity index is 1.66. The van der Waals surface area contributed by atoms with E-state index in [1.165, 1.54) is 24.5 Å². The molecule has 0 fully saturated rings. The van der Waals surface area contributed by atoms with E-state index in [4.69, 9.17) is 4.74 Å². The zero-order chi connectivity index (χ0) is 23.7. The molecule has 0 saturated heterocycles. The smallest absolute Gasteiger partial charge is 0.270 e. The first-order valence-corrected chi connectivity index (χ1v) is 10.7. The topological polar surface area (TPSA) is 103 Å². The molecule has 0 saturated carbocycles. The summed E-state index contributed by atoms with van der Waals surface area (Å²) in [5.74, 6) is 0.706. The number of non-ortho nitro benzene ring substituents is 1. The minimum Gasteiger partial charge on any atom is -0.496 e. The number of nitro benzene ring substituents is 1. The van der Waals surface area contributed by atoms with Crippen LogP contribution in [-0.4, -0.2) is 32.7 Å². The molecule has 2 atom stereocenters. The molecule has 1 aliphatic rings. The van der Waals surface area contributed by atoms with E-state index in [0.717, 1.165) is 16.9 Å². The van der Waals surface area contributed by atoms with Crippen LogP contribution in [0.3, 0.4) is 0 Å². The summed E-state index contributed by atoms with van der Waals surface area (Å²) in [6.45, 7) is 0. The van der Waals surface area contributed by atoms with Crippen molar-refractivity contribution in [1.82, 2.24) is 14.8 Å². The number of carbonyl (C=O) groups excluding carboxylic acids is 1. The number of ether oxygens (including phenoxy) is 1. The largest absolute Gasteiger partial charge is 0.496 e. The first-order valence-electron chi connectivity index (χ1n) is 10.7. The maximum absolute atomic E-state index is 13.8. The lowest BCUT2D eigenvalue weighted by Gasteiger charge is -2.39. The van der Waals surface area contributed by atoms with Crippen LogP contribution in [0.15, 0.2) is 85.2 Å². The van der Waals surface area contributed by atoms with Crippen molar-refractivity contribution in [2.75, 3.05) is 12.0 Å². The van der Waals surface area contributed by atoms with Crippen LogP contribution in [0.2, 0.25) is 0 Å². The number of anilines is 1. The molecule has 2 heterocycles. The van der Waals surface area contributed by atoms with E-state index < -0.39 is 4.92 Å². The zero-order valence-corrected chi connectivity index (χ0v) is 18.3. The van der Waals surface area contributed by atoms with Gasteiger partial charge in [-0.1, -0.05) is 54.6 Å². The van der Waals surface area contributed by atoms with Crippen molar-refractivity contribution < 1.29 is 14.5 Å². The summed E-state index contributed by atoms with van der Waals surface area (Å²) in [5, 5.41) is 15.7. The first-order chi connectivity index (χ1) is 16.6. The van der Waals surface area contributed by atoms with Gasteiger partial charge < -0.3 is 4.74 Å². The highest BCUT2D eigenvalue weighted by Gasteiger charge is 2.40. The van der Waals surface area contributed by atoms with Gasteiger partial charge in [0.05, 0.1) is 24.1 Å². The van der Waals surface area contributed by atoms with E-state index in [1.54, 1.807) is 22.8 Å². The predicted octanol–water partition coefficient (Wildman–Crippen LogP) is 4.58. The average molecular weight is 455 g/mol. The summed E-state index contributed by atoms with van der Waals surface area (Å²) in [6.07, 6.45) is 1.93. The second-order valence-electron chi connectivity index (χ2n) is 7.91. The van der Waals surface area contributed by atoms with Gasteiger partial charge in [0.2, 0.25) is 5.95 Å². The summed E-state index contributed by atoms with van der Waals surface area (Å²) >= 11 is 0. The number of hydrogen-bond acceptors (Lipinski definition) is 6. The van der Waals surface area contributed by atoms with Gasteiger partial charge >= 0.3 is 0 Å². The number of hydrogen-bond donors (Lipinski definition) is 0.